The molecule has 142 valence electrons. The van der Waals surface area contributed by atoms with Crippen molar-refractivity contribution in [1.82, 2.24) is 9.97 Å². The quantitative estimate of drug-likeness (QED) is 0.582. The molecule has 0 fully saturated rings. The number of rotatable bonds is 4. The fraction of sp³-hybridized carbons (Fsp3) is 0.0556. The second kappa shape index (κ2) is 7.73. The molecule has 1 heterocycles. The van der Waals surface area contributed by atoms with Gasteiger partial charge in [-0.25, -0.2) is 4.98 Å². The normalized spacial score (nSPS) is 11.1. The number of carbonyl (C=O) groups is 1. The first kappa shape index (κ1) is 19.4. The van der Waals surface area contributed by atoms with Gasteiger partial charge in [0.05, 0.1) is 29.2 Å². The van der Waals surface area contributed by atoms with Crippen molar-refractivity contribution in [3.05, 3.63) is 75.9 Å². The molecule has 0 saturated heterocycles. The lowest BCUT2D eigenvalue weighted by Gasteiger charge is -2.09. The molecule has 0 radical (unpaired) electrons. The monoisotopic (exact) mass is 406 g/mol. The Morgan fingerprint density at radius 2 is 1.86 bits per heavy atom. The fourth-order valence-corrected chi connectivity index (χ4v) is 2.52. The van der Waals surface area contributed by atoms with Crippen LogP contribution in [0.1, 0.15) is 15.9 Å². The Balaban J connectivity index is 1.81. The molecule has 6 nitrogen and oxygen atoms in total. The highest BCUT2D eigenvalue weighted by atomic mass is 35.5. The Morgan fingerprint density at radius 3 is 2.50 bits per heavy atom. The van der Waals surface area contributed by atoms with Gasteiger partial charge in [-0.15, -0.1) is 4.91 Å². The van der Waals surface area contributed by atoms with Gasteiger partial charge in [0.2, 0.25) is 0 Å². The molecular formula is C18H10ClF3N4O2. The molecule has 1 amide bonds. The van der Waals surface area contributed by atoms with Gasteiger partial charge in [0.25, 0.3) is 5.91 Å². The summed E-state index contributed by atoms with van der Waals surface area (Å²) < 4.78 is 38.5. The number of benzene rings is 2. The number of amides is 1. The number of halogens is 4. The lowest BCUT2D eigenvalue weighted by atomic mass is 10.1. The minimum Gasteiger partial charge on any atom is -0.305 e. The molecule has 0 bridgehead atoms. The summed E-state index contributed by atoms with van der Waals surface area (Å²) >= 11 is 5.82. The summed E-state index contributed by atoms with van der Waals surface area (Å²) in [7, 11) is 0. The van der Waals surface area contributed by atoms with Crippen LogP contribution in [0.15, 0.2) is 60.0 Å². The molecule has 2 aromatic carbocycles. The van der Waals surface area contributed by atoms with Crippen LogP contribution in [0, 0.1) is 4.91 Å². The van der Waals surface area contributed by atoms with Crippen LogP contribution < -0.4 is 5.32 Å². The van der Waals surface area contributed by atoms with Gasteiger partial charge in [0, 0.05) is 10.6 Å². The average molecular weight is 407 g/mol. The molecule has 3 aromatic rings. The van der Waals surface area contributed by atoms with E-state index in [1.165, 1.54) is 42.7 Å². The van der Waals surface area contributed by atoms with E-state index in [9.17, 15) is 22.9 Å². The first-order valence-corrected chi connectivity index (χ1v) is 8.09. The molecular weight excluding hydrogens is 397 g/mol. The fourth-order valence-electron chi connectivity index (χ4n) is 2.35. The Morgan fingerprint density at radius 1 is 1.07 bits per heavy atom. The minimum atomic E-state index is -4.47. The second-order valence-corrected chi connectivity index (χ2v) is 6.01. The molecule has 0 aliphatic carbocycles. The number of hydrogen-bond acceptors (Lipinski definition) is 5. The number of nitrogens with one attached hydrogen (secondary N) is 1. The van der Waals surface area contributed by atoms with Crippen LogP contribution in [0.3, 0.4) is 0 Å². The number of nitrogens with zero attached hydrogens (tertiary/aromatic N) is 3. The van der Waals surface area contributed by atoms with Crippen molar-refractivity contribution in [3.8, 4) is 11.3 Å². The van der Waals surface area contributed by atoms with Gasteiger partial charge in [-0.3, -0.25) is 9.78 Å². The van der Waals surface area contributed by atoms with Crippen LogP contribution in [0.5, 0.6) is 0 Å². The maximum Gasteiger partial charge on any atom is 0.416 e. The zero-order valence-corrected chi connectivity index (χ0v) is 14.6. The average Bonchev–Trinajstić information content (AvgIpc) is 2.68. The van der Waals surface area contributed by atoms with Crippen LogP contribution >= 0.6 is 11.6 Å². The van der Waals surface area contributed by atoms with Gasteiger partial charge in [-0.1, -0.05) is 23.7 Å². The van der Waals surface area contributed by atoms with E-state index >= 15 is 0 Å². The Labute approximate surface area is 161 Å². The summed E-state index contributed by atoms with van der Waals surface area (Å²) in [5, 5.41) is 5.42. The van der Waals surface area contributed by atoms with Crippen molar-refractivity contribution < 1.29 is 18.0 Å². The van der Waals surface area contributed by atoms with Gasteiger partial charge in [-0.2, -0.15) is 13.2 Å². The number of carbonyl (C=O) groups excluding carboxylic acids is 1. The lowest BCUT2D eigenvalue weighted by Crippen LogP contribution is -2.13. The summed E-state index contributed by atoms with van der Waals surface area (Å²) in [6.07, 6.45) is -2.06. The first-order valence-electron chi connectivity index (χ1n) is 7.72. The molecule has 1 N–H and O–H groups in total. The Hall–Kier alpha value is -3.33. The lowest BCUT2D eigenvalue weighted by molar-refractivity contribution is -0.137. The van der Waals surface area contributed by atoms with E-state index in [2.05, 4.69) is 20.5 Å². The third kappa shape index (κ3) is 4.32. The van der Waals surface area contributed by atoms with Gasteiger partial charge >= 0.3 is 6.18 Å². The summed E-state index contributed by atoms with van der Waals surface area (Å²) in [4.78, 5) is 31.1. The van der Waals surface area contributed by atoms with Crippen LogP contribution in [0.4, 0.5) is 24.7 Å². The Kier molecular flexibility index (Phi) is 5.36. The van der Waals surface area contributed by atoms with E-state index in [1.807, 2.05) is 0 Å². The topological polar surface area (TPSA) is 84.3 Å². The predicted molar refractivity (Wildman–Crippen MR) is 97.3 cm³/mol. The summed E-state index contributed by atoms with van der Waals surface area (Å²) in [5.74, 6) is -0.643. The molecule has 28 heavy (non-hydrogen) atoms. The Bertz CT molecular complexity index is 1040. The molecule has 0 spiro atoms. The van der Waals surface area contributed by atoms with Crippen LogP contribution in [0.2, 0.25) is 5.02 Å². The number of anilines is 1. The van der Waals surface area contributed by atoms with Gasteiger partial charge in [0.1, 0.15) is 5.69 Å². The van der Waals surface area contributed by atoms with Gasteiger partial charge < -0.3 is 5.32 Å². The van der Waals surface area contributed by atoms with E-state index in [4.69, 9.17) is 11.6 Å². The summed E-state index contributed by atoms with van der Waals surface area (Å²) in [6, 6.07) is 8.63. The zero-order chi connectivity index (χ0) is 20.3. The number of hydrogen-bond donors (Lipinski definition) is 1. The summed E-state index contributed by atoms with van der Waals surface area (Å²) in [5.41, 5.74) is -0.537. The smallest absolute Gasteiger partial charge is 0.305 e. The highest BCUT2D eigenvalue weighted by Crippen LogP contribution is 2.31. The van der Waals surface area contributed by atoms with Crippen molar-refractivity contribution in [1.29, 1.82) is 0 Å². The van der Waals surface area contributed by atoms with Crippen molar-refractivity contribution in [2.24, 2.45) is 5.18 Å². The standard InChI is InChI=1S/C18H10ClF3N4O2/c19-12-4-5-14(26-28)13(7-12)17(27)25-16-9-23-15(8-24-16)10-2-1-3-11(6-10)18(20,21)22/h1-9H,(H,24,25,27). The first-order chi connectivity index (χ1) is 13.3. The third-order valence-corrected chi connectivity index (χ3v) is 3.92. The van der Waals surface area contributed by atoms with Crippen molar-refractivity contribution in [3.63, 3.8) is 0 Å². The molecule has 0 aliphatic rings. The highest BCUT2D eigenvalue weighted by molar-refractivity contribution is 6.31. The number of alkyl halides is 3. The van der Waals surface area contributed by atoms with Crippen molar-refractivity contribution in [2.75, 3.05) is 5.32 Å². The third-order valence-electron chi connectivity index (χ3n) is 3.68. The molecule has 10 heteroatoms. The van der Waals surface area contributed by atoms with E-state index in [0.717, 1.165) is 12.1 Å². The number of aromatic nitrogens is 2. The molecule has 0 aliphatic heterocycles. The molecule has 0 atom stereocenters. The second-order valence-electron chi connectivity index (χ2n) is 5.57. The van der Waals surface area contributed by atoms with Gasteiger partial charge in [0.15, 0.2) is 5.82 Å². The highest BCUT2D eigenvalue weighted by Gasteiger charge is 2.30. The maximum absolute atomic E-state index is 12.8. The van der Waals surface area contributed by atoms with E-state index in [1.54, 1.807) is 0 Å². The maximum atomic E-state index is 12.8. The van der Waals surface area contributed by atoms with Crippen LogP contribution in [0.25, 0.3) is 11.3 Å². The van der Waals surface area contributed by atoms with Crippen molar-refractivity contribution >= 4 is 29.0 Å². The summed E-state index contributed by atoms with van der Waals surface area (Å²) in [6.45, 7) is 0. The number of nitroso groups, excluding NO2 is 1. The van der Waals surface area contributed by atoms with Crippen LogP contribution in [-0.4, -0.2) is 15.9 Å². The minimum absolute atomic E-state index is 0.0394. The molecule has 0 unspecified atom stereocenters. The molecule has 0 saturated carbocycles. The molecule has 3 rings (SSSR count). The SMILES string of the molecule is O=Nc1ccc(Cl)cc1C(=O)Nc1cnc(-c2cccc(C(F)(F)F)c2)cn1. The largest absolute Gasteiger partial charge is 0.416 e. The van der Waals surface area contributed by atoms with Crippen LogP contribution in [-0.2, 0) is 6.18 Å². The zero-order valence-electron chi connectivity index (χ0n) is 13.9. The van der Waals surface area contributed by atoms with Crippen molar-refractivity contribution in [2.45, 2.75) is 6.18 Å². The van der Waals surface area contributed by atoms with E-state index in [-0.39, 0.29) is 33.3 Å². The molecule has 1 aromatic heterocycles. The van der Waals surface area contributed by atoms with E-state index < -0.39 is 17.6 Å². The van der Waals surface area contributed by atoms with E-state index in [0.29, 0.717) is 0 Å². The predicted octanol–water partition coefficient (Wildman–Crippen LogP) is 5.47. The van der Waals surface area contributed by atoms with Gasteiger partial charge in [-0.05, 0) is 35.5 Å².